The van der Waals surface area contributed by atoms with Crippen LogP contribution in [0, 0.1) is 0 Å². The zero-order valence-electron chi connectivity index (χ0n) is 11.5. The normalized spacial score (nSPS) is 13.6. The molecule has 2 unspecified atom stereocenters. The monoisotopic (exact) mass is 274 g/mol. The van der Waals surface area contributed by atoms with Crippen LogP contribution in [0.1, 0.15) is 37.3 Å². The molecular formula is C15H18N2O3. The van der Waals surface area contributed by atoms with Gasteiger partial charge in [0.05, 0.1) is 18.4 Å². The van der Waals surface area contributed by atoms with E-state index < -0.39 is 6.10 Å². The summed E-state index contributed by atoms with van der Waals surface area (Å²) >= 11 is 0. The van der Waals surface area contributed by atoms with Gasteiger partial charge in [-0.1, -0.05) is 12.1 Å². The largest absolute Gasteiger partial charge is 0.467 e. The first kappa shape index (κ1) is 14.1. The number of rotatable bonds is 4. The molecule has 0 fully saturated rings. The van der Waals surface area contributed by atoms with E-state index >= 15 is 0 Å². The van der Waals surface area contributed by atoms with Crippen molar-refractivity contribution in [3.63, 3.8) is 0 Å². The molecular weight excluding hydrogens is 256 g/mol. The minimum atomic E-state index is -0.517. The van der Waals surface area contributed by atoms with Crippen LogP contribution in [0.2, 0.25) is 0 Å². The number of hydrogen-bond acceptors (Lipinski definition) is 3. The van der Waals surface area contributed by atoms with Gasteiger partial charge in [0.1, 0.15) is 5.76 Å². The molecule has 2 atom stereocenters. The first-order chi connectivity index (χ1) is 9.56. The number of anilines is 1. The lowest BCUT2D eigenvalue weighted by Gasteiger charge is -2.13. The molecule has 3 N–H and O–H groups in total. The van der Waals surface area contributed by atoms with Crippen molar-refractivity contribution in [2.24, 2.45) is 0 Å². The molecule has 0 saturated carbocycles. The molecule has 5 heteroatoms. The molecule has 1 heterocycles. The van der Waals surface area contributed by atoms with Crippen LogP contribution in [-0.4, -0.2) is 11.1 Å². The molecule has 0 bridgehead atoms. The van der Waals surface area contributed by atoms with Crippen LogP contribution in [0.15, 0.2) is 47.1 Å². The fourth-order valence-electron chi connectivity index (χ4n) is 1.82. The van der Waals surface area contributed by atoms with Crippen LogP contribution >= 0.6 is 0 Å². The Morgan fingerprint density at radius 1 is 1.20 bits per heavy atom. The molecule has 0 aliphatic rings. The first-order valence-electron chi connectivity index (χ1n) is 6.45. The van der Waals surface area contributed by atoms with E-state index in [1.165, 1.54) is 0 Å². The van der Waals surface area contributed by atoms with E-state index in [2.05, 4.69) is 10.6 Å². The maximum Gasteiger partial charge on any atom is 0.319 e. The molecule has 2 amide bonds. The van der Waals surface area contributed by atoms with Gasteiger partial charge >= 0.3 is 6.03 Å². The number of carbonyl (C=O) groups excluding carboxylic acids is 1. The topological polar surface area (TPSA) is 74.5 Å². The van der Waals surface area contributed by atoms with Crippen LogP contribution in [0.4, 0.5) is 10.5 Å². The van der Waals surface area contributed by atoms with Gasteiger partial charge in [-0.05, 0) is 43.7 Å². The Labute approximate surface area is 117 Å². The Hall–Kier alpha value is -2.27. The summed E-state index contributed by atoms with van der Waals surface area (Å²) < 4.78 is 5.22. The Bertz CT molecular complexity index is 547. The van der Waals surface area contributed by atoms with E-state index in [9.17, 15) is 9.90 Å². The van der Waals surface area contributed by atoms with Crippen LogP contribution in [0.3, 0.4) is 0 Å². The predicted molar refractivity (Wildman–Crippen MR) is 76.4 cm³/mol. The summed E-state index contributed by atoms with van der Waals surface area (Å²) in [5.74, 6) is 0.699. The van der Waals surface area contributed by atoms with Crippen LogP contribution in [0.25, 0.3) is 0 Å². The van der Waals surface area contributed by atoms with Gasteiger partial charge in [0.25, 0.3) is 0 Å². The van der Waals surface area contributed by atoms with Gasteiger partial charge in [0, 0.05) is 5.69 Å². The molecule has 0 aliphatic carbocycles. The molecule has 5 nitrogen and oxygen atoms in total. The van der Waals surface area contributed by atoms with Crippen molar-refractivity contribution in [2.75, 3.05) is 5.32 Å². The van der Waals surface area contributed by atoms with E-state index in [0.717, 1.165) is 5.56 Å². The number of furan rings is 1. The van der Waals surface area contributed by atoms with E-state index in [0.29, 0.717) is 11.4 Å². The van der Waals surface area contributed by atoms with Gasteiger partial charge in [-0.25, -0.2) is 4.79 Å². The molecule has 2 aromatic rings. The molecule has 1 aromatic carbocycles. The van der Waals surface area contributed by atoms with E-state index in [1.807, 2.05) is 13.0 Å². The minimum absolute atomic E-state index is 0.207. The number of aliphatic hydroxyl groups is 1. The number of hydrogen-bond donors (Lipinski definition) is 3. The van der Waals surface area contributed by atoms with E-state index in [-0.39, 0.29) is 12.1 Å². The molecule has 0 radical (unpaired) electrons. The first-order valence-corrected chi connectivity index (χ1v) is 6.45. The lowest BCUT2D eigenvalue weighted by atomic mass is 10.1. The highest BCUT2D eigenvalue weighted by molar-refractivity contribution is 5.89. The number of carbonyl (C=O) groups is 1. The lowest BCUT2D eigenvalue weighted by molar-refractivity contribution is 0.199. The summed E-state index contributed by atoms with van der Waals surface area (Å²) in [7, 11) is 0. The van der Waals surface area contributed by atoms with Crippen molar-refractivity contribution >= 4 is 11.7 Å². The molecule has 1 aromatic heterocycles. The molecule has 20 heavy (non-hydrogen) atoms. The van der Waals surface area contributed by atoms with Crippen molar-refractivity contribution in [2.45, 2.75) is 26.0 Å². The quantitative estimate of drug-likeness (QED) is 0.801. The lowest BCUT2D eigenvalue weighted by Crippen LogP contribution is -2.30. The number of aliphatic hydroxyl groups excluding tert-OH is 1. The average molecular weight is 274 g/mol. The van der Waals surface area contributed by atoms with Gasteiger partial charge in [0.15, 0.2) is 0 Å². The molecule has 0 saturated heterocycles. The zero-order valence-corrected chi connectivity index (χ0v) is 11.5. The van der Waals surface area contributed by atoms with Crippen molar-refractivity contribution in [1.82, 2.24) is 5.32 Å². The fraction of sp³-hybridized carbons (Fsp3) is 0.267. The van der Waals surface area contributed by atoms with Gasteiger partial charge in [0.2, 0.25) is 0 Å². The highest BCUT2D eigenvalue weighted by Crippen LogP contribution is 2.16. The molecule has 2 rings (SSSR count). The second-order valence-electron chi connectivity index (χ2n) is 4.63. The van der Waals surface area contributed by atoms with Gasteiger partial charge in [-0.15, -0.1) is 0 Å². The average Bonchev–Trinajstić information content (AvgIpc) is 2.93. The molecule has 0 aliphatic heterocycles. The van der Waals surface area contributed by atoms with Crippen molar-refractivity contribution < 1.29 is 14.3 Å². The number of urea groups is 1. The van der Waals surface area contributed by atoms with E-state index in [1.54, 1.807) is 43.5 Å². The summed E-state index contributed by atoms with van der Waals surface area (Å²) in [5, 5.41) is 14.9. The standard InChI is InChI=1S/C15H18N2O3/c1-10(14-4-3-9-20-14)16-15(19)17-13-7-5-12(6-8-13)11(2)18/h3-11,18H,1-2H3,(H2,16,17,19). The smallest absolute Gasteiger partial charge is 0.319 e. The maximum absolute atomic E-state index is 11.8. The number of nitrogens with one attached hydrogen (secondary N) is 2. The summed E-state index contributed by atoms with van der Waals surface area (Å²) in [6.45, 7) is 3.54. The van der Waals surface area contributed by atoms with Crippen molar-refractivity contribution in [3.05, 3.63) is 54.0 Å². The number of amides is 2. The Kier molecular flexibility index (Phi) is 4.42. The summed E-state index contributed by atoms with van der Waals surface area (Å²) in [6.07, 6.45) is 1.05. The minimum Gasteiger partial charge on any atom is -0.467 e. The van der Waals surface area contributed by atoms with Gasteiger partial charge in [-0.2, -0.15) is 0 Å². The Morgan fingerprint density at radius 2 is 1.90 bits per heavy atom. The predicted octanol–water partition coefficient (Wildman–Crippen LogP) is 3.22. The van der Waals surface area contributed by atoms with Gasteiger partial charge < -0.3 is 20.2 Å². The number of benzene rings is 1. The Balaban J connectivity index is 1.91. The highest BCUT2D eigenvalue weighted by atomic mass is 16.3. The Morgan fingerprint density at radius 3 is 2.45 bits per heavy atom. The van der Waals surface area contributed by atoms with Crippen LogP contribution in [0.5, 0.6) is 0 Å². The maximum atomic E-state index is 11.8. The molecule has 0 spiro atoms. The second-order valence-corrected chi connectivity index (χ2v) is 4.63. The third kappa shape index (κ3) is 3.61. The van der Waals surface area contributed by atoms with Gasteiger partial charge in [-0.3, -0.25) is 0 Å². The van der Waals surface area contributed by atoms with Crippen molar-refractivity contribution in [1.29, 1.82) is 0 Å². The third-order valence-corrected chi connectivity index (χ3v) is 2.97. The summed E-state index contributed by atoms with van der Waals surface area (Å²) in [6, 6.07) is 10.1. The third-order valence-electron chi connectivity index (χ3n) is 2.97. The SMILES string of the molecule is CC(O)c1ccc(NC(=O)NC(C)c2ccco2)cc1. The van der Waals surface area contributed by atoms with Crippen LogP contribution < -0.4 is 10.6 Å². The van der Waals surface area contributed by atoms with E-state index in [4.69, 9.17) is 4.42 Å². The van der Waals surface area contributed by atoms with Crippen LogP contribution in [-0.2, 0) is 0 Å². The summed E-state index contributed by atoms with van der Waals surface area (Å²) in [4.78, 5) is 11.8. The second kappa shape index (κ2) is 6.25. The highest BCUT2D eigenvalue weighted by Gasteiger charge is 2.11. The van der Waals surface area contributed by atoms with Crippen molar-refractivity contribution in [3.8, 4) is 0 Å². The zero-order chi connectivity index (χ0) is 14.5. The summed E-state index contributed by atoms with van der Waals surface area (Å²) in [5.41, 5.74) is 1.47. The molecule has 106 valence electrons. The fourth-order valence-corrected chi connectivity index (χ4v) is 1.82.